The van der Waals surface area contributed by atoms with E-state index in [0.717, 1.165) is 17.7 Å². The second kappa shape index (κ2) is 6.14. The van der Waals surface area contributed by atoms with Gasteiger partial charge in [0.25, 0.3) is 5.91 Å². The number of nitrogens with one attached hydrogen (secondary N) is 1. The molecule has 2 aromatic rings. The highest BCUT2D eigenvalue weighted by Crippen LogP contribution is 2.65. The molecule has 2 bridgehead atoms. The maximum atomic E-state index is 13.2. The van der Waals surface area contributed by atoms with E-state index in [4.69, 9.17) is 0 Å². The summed E-state index contributed by atoms with van der Waals surface area (Å²) in [7, 11) is 0. The second-order valence-corrected chi connectivity index (χ2v) is 8.98. The fraction of sp³-hybridized carbons (Fsp3) is 0.320. The summed E-state index contributed by atoms with van der Waals surface area (Å²) in [4.78, 5) is 40.3. The molecule has 3 fully saturated rings. The summed E-state index contributed by atoms with van der Waals surface area (Å²) in [6.45, 7) is 1.94. The number of hydrogen-bond donors (Lipinski definition) is 1. The first-order chi connectivity index (χ1) is 14.5. The summed E-state index contributed by atoms with van der Waals surface area (Å²) in [5, 5.41) is 2.91. The molecule has 1 heterocycles. The van der Waals surface area contributed by atoms with Crippen LogP contribution in [0.15, 0.2) is 60.7 Å². The molecule has 4 aliphatic carbocycles. The number of carbonyl (C=O) groups excluding carboxylic acids is 3. The molecule has 2 aromatic carbocycles. The lowest BCUT2D eigenvalue weighted by atomic mass is 9.63. The molecule has 6 atom stereocenters. The molecule has 7 rings (SSSR count). The van der Waals surface area contributed by atoms with Crippen LogP contribution in [0.5, 0.6) is 0 Å². The van der Waals surface area contributed by atoms with Crippen molar-refractivity contribution in [2.45, 2.75) is 13.3 Å². The average molecular weight is 398 g/mol. The second-order valence-electron chi connectivity index (χ2n) is 8.98. The van der Waals surface area contributed by atoms with Gasteiger partial charge in [0, 0.05) is 11.3 Å². The van der Waals surface area contributed by atoms with Crippen LogP contribution in [0.4, 0.5) is 11.4 Å². The maximum Gasteiger partial charge on any atom is 0.255 e. The van der Waals surface area contributed by atoms with Gasteiger partial charge in [0.15, 0.2) is 0 Å². The van der Waals surface area contributed by atoms with E-state index >= 15 is 0 Å². The lowest BCUT2D eigenvalue weighted by molar-refractivity contribution is -0.124. The molecule has 30 heavy (non-hydrogen) atoms. The molecule has 5 nitrogen and oxygen atoms in total. The van der Waals surface area contributed by atoms with Crippen LogP contribution >= 0.6 is 0 Å². The van der Waals surface area contributed by atoms with Crippen molar-refractivity contribution in [3.05, 3.63) is 71.8 Å². The Labute approximate surface area is 174 Å². The van der Waals surface area contributed by atoms with E-state index in [0.29, 0.717) is 23.1 Å². The highest BCUT2D eigenvalue weighted by Gasteiger charge is 2.67. The van der Waals surface area contributed by atoms with E-state index < -0.39 is 0 Å². The molecule has 1 aliphatic heterocycles. The minimum atomic E-state index is -0.217. The number of carbonyl (C=O) groups is 3. The Morgan fingerprint density at radius 3 is 2.10 bits per heavy atom. The molecule has 1 N–H and O–H groups in total. The number of imide groups is 1. The van der Waals surface area contributed by atoms with Crippen molar-refractivity contribution in [3.63, 3.8) is 0 Å². The Balaban J connectivity index is 1.24. The average Bonchev–Trinajstić information content (AvgIpc) is 3.53. The third kappa shape index (κ3) is 2.38. The molecule has 0 spiro atoms. The Morgan fingerprint density at radius 1 is 0.900 bits per heavy atom. The predicted molar refractivity (Wildman–Crippen MR) is 113 cm³/mol. The van der Waals surface area contributed by atoms with Gasteiger partial charge in [0.05, 0.1) is 17.5 Å². The summed E-state index contributed by atoms with van der Waals surface area (Å²) < 4.78 is 0. The number of nitrogens with zero attached hydrogens (tertiary/aromatic N) is 1. The van der Waals surface area contributed by atoms with E-state index in [1.54, 1.807) is 24.3 Å². The minimum absolute atomic E-state index is 0.0770. The standard InChI is InChI=1S/C25H22N2O3/c1-13-4-2-3-5-20(13)26-23(28)14-6-8-15(9-7-14)27-24(29)21-16-10-11-17(19-12-18(16)19)22(21)25(27)30/h2-11,16-19,21-22H,12H2,1H3,(H,26,28)/t16-,17+,18-,19-,21+,22+/m1/s1. The first-order valence-corrected chi connectivity index (χ1v) is 10.6. The summed E-state index contributed by atoms with van der Waals surface area (Å²) in [5.74, 6) is 0.817. The van der Waals surface area contributed by atoms with Gasteiger partial charge in [-0.2, -0.15) is 0 Å². The topological polar surface area (TPSA) is 66.5 Å². The lowest BCUT2D eigenvalue weighted by Crippen LogP contribution is -2.40. The quantitative estimate of drug-likeness (QED) is 0.632. The molecule has 150 valence electrons. The monoisotopic (exact) mass is 398 g/mol. The summed E-state index contributed by atoms with van der Waals surface area (Å²) in [6.07, 6.45) is 5.50. The highest BCUT2D eigenvalue weighted by molar-refractivity contribution is 6.22. The van der Waals surface area contributed by atoms with Crippen LogP contribution < -0.4 is 10.2 Å². The molecule has 5 aliphatic rings. The molecule has 0 radical (unpaired) electrons. The molecule has 0 unspecified atom stereocenters. The Kier molecular flexibility index (Phi) is 3.61. The van der Waals surface area contributed by atoms with Crippen LogP contribution in [0, 0.1) is 42.4 Å². The van der Waals surface area contributed by atoms with Gasteiger partial charge in [-0.05, 0) is 72.9 Å². The molecule has 3 amide bonds. The molecule has 1 saturated heterocycles. The van der Waals surface area contributed by atoms with Crippen LogP contribution in [-0.2, 0) is 9.59 Å². The van der Waals surface area contributed by atoms with Gasteiger partial charge in [-0.25, -0.2) is 0 Å². The third-order valence-electron chi connectivity index (χ3n) is 7.44. The number of anilines is 2. The van der Waals surface area contributed by atoms with Crippen molar-refractivity contribution in [2.75, 3.05) is 10.2 Å². The molecular weight excluding hydrogens is 376 g/mol. The minimum Gasteiger partial charge on any atom is -0.322 e. The van der Waals surface area contributed by atoms with Gasteiger partial charge < -0.3 is 5.32 Å². The SMILES string of the molecule is Cc1ccccc1NC(=O)c1ccc(N2C(=O)[C@H]3[C@@H]4C=C[C@@H]([C@H]5C[C@H]45)[C@@H]3C2=O)cc1. The van der Waals surface area contributed by atoms with Crippen LogP contribution in [0.1, 0.15) is 22.3 Å². The Hall–Kier alpha value is -3.21. The van der Waals surface area contributed by atoms with Gasteiger partial charge in [0.2, 0.25) is 11.8 Å². The maximum absolute atomic E-state index is 13.2. The van der Waals surface area contributed by atoms with E-state index in [2.05, 4.69) is 17.5 Å². The zero-order valence-corrected chi connectivity index (χ0v) is 16.6. The molecule has 2 saturated carbocycles. The van der Waals surface area contributed by atoms with Crippen LogP contribution in [0.2, 0.25) is 0 Å². The smallest absolute Gasteiger partial charge is 0.255 e. The molecule has 0 aromatic heterocycles. The lowest BCUT2D eigenvalue weighted by Gasteiger charge is -2.37. The number of benzene rings is 2. The largest absolute Gasteiger partial charge is 0.322 e. The fourth-order valence-corrected chi connectivity index (χ4v) is 5.88. The summed E-state index contributed by atoms with van der Waals surface area (Å²) in [5.41, 5.74) is 2.79. The van der Waals surface area contributed by atoms with Crippen LogP contribution in [0.3, 0.4) is 0 Å². The van der Waals surface area contributed by atoms with Crippen molar-refractivity contribution in [2.24, 2.45) is 35.5 Å². The first kappa shape index (κ1) is 17.6. The Morgan fingerprint density at radius 2 is 1.50 bits per heavy atom. The zero-order chi connectivity index (χ0) is 20.6. The van der Waals surface area contributed by atoms with Gasteiger partial charge in [-0.1, -0.05) is 30.4 Å². The van der Waals surface area contributed by atoms with Crippen molar-refractivity contribution in [3.8, 4) is 0 Å². The number of amides is 3. The predicted octanol–water partition coefficient (Wildman–Crippen LogP) is 3.80. The van der Waals surface area contributed by atoms with Crippen LogP contribution in [0.25, 0.3) is 0 Å². The van der Waals surface area contributed by atoms with E-state index in [9.17, 15) is 14.4 Å². The third-order valence-corrected chi connectivity index (χ3v) is 7.44. The van der Waals surface area contributed by atoms with Gasteiger partial charge in [-0.3, -0.25) is 19.3 Å². The van der Waals surface area contributed by atoms with Gasteiger partial charge >= 0.3 is 0 Å². The van der Waals surface area contributed by atoms with Crippen molar-refractivity contribution in [1.82, 2.24) is 0 Å². The van der Waals surface area contributed by atoms with Crippen molar-refractivity contribution >= 4 is 29.1 Å². The van der Waals surface area contributed by atoms with E-state index in [1.165, 1.54) is 4.90 Å². The number of rotatable bonds is 3. The summed E-state index contributed by atoms with van der Waals surface area (Å²) >= 11 is 0. The molecular formula is C25H22N2O3. The first-order valence-electron chi connectivity index (χ1n) is 10.6. The number of para-hydroxylation sites is 1. The van der Waals surface area contributed by atoms with E-state index in [1.807, 2.05) is 31.2 Å². The molecule has 5 heteroatoms. The normalized spacial score (nSPS) is 32.8. The fourth-order valence-electron chi connectivity index (χ4n) is 5.88. The zero-order valence-electron chi connectivity index (χ0n) is 16.6. The Bertz CT molecular complexity index is 1080. The van der Waals surface area contributed by atoms with Crippen molar-refractivity contribution in [1.29, 1.82) is 0 Å². The van der Waals surface area contributed by atoms with Gasteiger partial charge in [-0.15, -0.1) is 0 Å². The van der Waals surface area contributed by atoms with Crippen molar-refractivity contribution < 1.29 is 14.4 Å². The number of aryl methyl sites for hydroxylation is 1. The number of allylic oxidation sites excluding steroid dienone is 2. The highest BCUT2D eigenvalue weighted by atomic mass is 16.2. The number of hydrogen-bond acceptors (Lipinski definition) is 3. The van der Waals surface area contributed by atoms with Gasteiger partial charge in [0.1, 0.15) is 0 Å². The summed E-state index contributed by atoms with van der Waals surface area (Å²) in [6, 6.07) is 14.4. The van der Waals surface area contributed by atoms with E-state index in [-0.39, 0.29) is 41.4 Å². The van der Waals surface area contributed by atoms with Crippen LogP contribution in [-0.4, -0.2) is 17.7 Å².